The maximum atomic E-state index is 12.7. The molecule has 0 spiro atoms. The molecule has 0 unspecified atom stereocenters. The van der Waals surface area contributed by atoms with Gasteiger partial charge in [0.1, 0.15) is 16.1 Å². The van der Waals surface area contributed by atoms with Gasteiger partial charge in [0, 0.05) is 37.6 Å². The SMILES string of the molecule is O=S(=O)(NC[C@@H](O)CN1CCC(Oc2ccc(Cl)c(Cl)c2)CC1)c1cc(S(=O)(=O)c2ccccc2)cs1. The lowest BCUT2D eigenvalue weighted by Crippen LogP contribution is -2.44. The number of aliphatic hydroxyl groups is 1. The Morgan fingerprint density at radius 2 is 1.70 bits per heavy atom. The molecule has 4 rings (SSSR count). The van der Waals surface area contributed by atoms with Gasteiger partial charge in [-0.2, -0.15) is 0 Å². The molecule has 2 heterocycles. The summed E-state index contributed by atoms with van der Waals surface area (Å²) in [6, 6.07) is 14.1. The summed E-state index contributed by atoms with van der Waals surface area (Å²) in [7, 11) is -7.80. The minimum Gasteiger partial charge on any atom is -0.490 e. The standard InChI is InChI=1S/C24H26Cl2N2O6S3/c25-22-7-6-19(12-23(22)26)34-18-8-10-28(11-9-18)15-17(29)14-27-37(32,33)24-13-21(16-35-24)36(30,31)20-4-2-1-3-5-20/h1-7,12-13,16-18,27,29H,8-11,14-15H2/t17-/m1/s1. The average Bonchev–Trinajstić information content (AvgIpc) is 3.39. The van der Waals surface area contributed by atoms with E-state index in [-0.39, 0.29) is 26.6 Å². The first-order chi connectivity index (χ1) is 17.5. The molecule has 37 heavy (non-hydrogen) atoms. The van der Waals surface area contributed by atoms with E-state index >= 15 is 0 Å². The molecule has 1 fully saturated rings. The number of nitrogens with zero attached hydrogens (tertiary/aromatic N) is 1. The molecule has 1 aromatic heterocycles. The topological polar surface area (TPSA) is 113 Å². The number of sulfonamides is 1. The quantitative estimate of drug-likeness (QED) is 0.358. The fourth-order valence-electron chi connectivity index (χ4n) is 3.91. The van der Waals surface area contributed by atoms with E-state index in [9.17, 15) is 21.9 Å². The number of thiophene rings is 1. The van der Waals surface area contributed by atoms with E-state index in [1.807, 2.05) is 4.90 Å². The van der Waals surface area contributed by atoms with Gasteiger partial charge in [0.15, 0.2) is 0 Å². The molecule has 2 aromatic carbocycles. The summed E-state index contributed by atoms with van der Waals surface area (Å²) in [6.45, 7) is 1.46. The molecule has 8 nitrogen and oxygen atoms in total. The second-order valence-electron chi connectivity index (χ2n) is 8.62. The Morgan fingerprint density at radius 3 is 2.38 bits per heavy atom. The predicted octanol–water partition coefficient (Wildman–Crippen LogP) is 4.07. The zero-order chi connectivity index (χ0) is 26.6. The van der Waals surface area contributed by atoms with Crippen molar-refractivity contribution in [1.82, 2.24) is 9.62 Å². The highest BCUT2D eigenvalue weighted by Gasteiger charge is 2.26. The molecule has 1 aliphatic heterocycles. The van der Waals surface area contributed by atoms with Crippen LogP contribution in [0.25, 0.3) is 0 Å². The third kappa shape index (κ3) is 7.24. The van der Waals surface area contributed by atoms with Crippen LogP contribution >= 0.6 is 34.5 Å². The summed E-state index contributed by atoms with van der Waals surface area (Å²) < 4.78 is 59.1. The Kier molecular flexibility index (Phi) is 9.18. The van der Waals surface area contributed by atoms with Gasteiger partial charge in [-0.15, -0.1) is 11.3 Å². The molecule has 0 saturated carbocycles. The van der Waals surface area contributed by atoms with Crippen molar-refractivity contribution in [3.63, 3.8) is 0 Å². The number of rotatable bonds is 10. The van der Waals surface area contributed by atoms with E-state index in [4.69, 9.17) is 27.9 Å². The molecule has 13 heteroatoms. The average molecular weight is 606 g/mol. The Morgan fingerprint density at radius 1 is 1.00 bits per heavy atom. The highest BCUT2D eigenvalue weighted by atomic mass is 35.5. The zero-order valence-electron chi connectivity index (χ0n) is 19.6. The lowest BCUT2D eigenvalue weighted by atomic mass is 10.1. The Bertz CT molecular complexity index is 1420. The Hall–Kier alpha value is -1.70. The van der Waals surface area contributed by atoms with Gasteiger partial charge in [-0.3, -0.25) is 0 Å². The highest BCUT2D eigenvalue weighted by Crippen LogP contribution is 2.29. The van der Waals surface area contributed by atoms with Crippen LogP contribution in [0.5, 0.6) is 5.75 Å². The number of sulfone groups is 1. The largest absolute Gasteiger partial charge is 0.490 e. The fourth-order valence-corrected chi connectivity index (χ4v) is 8.22. The van der Waals surface area contributed by atoms with Crippen molar-refractivity contribution in [1.29, 1.82) is 0 Å². The van der Waals surface area contributed by atoms with E-state index in [1.54, 1.807) is 36.4 Å². The number of piperidine rings is 1. The molecular formula is C24H26Cl2N2O6S3. The number of aliphatic hydroxyl groups excluding tert-OH is 1. The van der Waals surface area contributed by atoms with Crippen LogP contribution < -0.4 is 9.46 Å². The minimum atomic E-state index is -3.98. The first-order valence-corrected chi connectivity index (χ1v) is 16.1. The third-order valence-corrected chi connectivity index (χ3v) is 11.4. The lowest BCUT2D eigenvalue weighted by Gasteiger charge is -2.33. The second-order valence-corrected chi connectivity index (χ2v) is 14.3. The number of halogens is 2. The van der Waals surface area contributed by atoms with E-state index in [0.717, 1.165) is 30.2 Å². The normalized spacial score (nSPS) is 16.5. The monoisotopic (exact) mass is 604 g/mol. The van der Waals surface area contributed by atoms with Crippen LogP contribution in [-0.2, 0) is 19.9 Å². The molecule has 1 aliphatic rings. The van der Waals surface area contributed by atoms with Crippen molar-refractivity contribution < 1.29 is 26.7 Å². The number of nitrogens with one attached hydrogen (secondary N) is 1. The minimum absolute atomic E-state index is 0.00401. The number of hydrogen-bond donors (Lipinski definition) is 2. The van der Waals surface area contributed by atoms with Crippen molar-refractivity contribution in [2.45, 2.75) is 39.0 Å². The Balaban J connectivity index is 1.26. The molecule has 200 valence electrons. The summed E-state index contributed by atoms with van der Waals surface area (Å²) in [5.74, 6) is 0.649. The summed E-state index contributed by atoms with van der Waals surface area (Å²) >= 11 is 12.8. The van der Waals surface area contributed by atoms with Gasteiger partial charge in [-0.05, 0) is 43.2 Å². The van der Waals surface area contributed by atoms with Gasteiger partial charge in [0.25, 0.3) is 0 Å². The van der Waals surface area contributed by atoms with Gasteiger partial charge >= 0.3 is 0 Å². The van der Waals surface area contributed by atoms with Crippen LogP contribution in [0.4, 0.5) is 0 Å². The van der Waals surface area contributed by atoms with Crippen LogP contribution in [-0.4, -0.2) is 65.2 Å². The molecular weight excluding hydrogens is 579 g/mol. The molecule has 1 atom stereocenters. The van der Waals surface area contributed by atoms with E-state index in [2.05, 4.69) is 4.72 Å². The van der Waals surface area contributed by atoms with E-state index in [0.29, 0.717) is 35.4 Å². The van der Waals surface area contributed by atoms with E-state index < -0.39 is 26.0 Å². The van der Waals surface area contributed by atoms with Crippen molar-refractivity contribution >= 4 is 54.4 Å². The van der Waals surface area contributed by atoms with Crippen LogP contribution in [0.2, 0.25) is 10.0 Å². The summed E-state index contributed by atoms with van der Waals surface area (Å²) in [6.07, 6.45) is 0.554. The zero-order valence-corrected chi connectivity index (χ0v) is 23.5. The van der Waals surface area contributed by atoms with Crippen LogP contribution in [0.15, 0.2) is 74.0 Å². The maximum absolute atomic E-state index is 12.7. The smallest absolute Gasteiger partial charge is 0.250 e. The summed E-state index contributed by atoms with van der Waals surface area (Å²) in [5.41, 5.74) is 0. The molecule has 0 amide bonds. The van der Waals surface area contributed by atoms with Gasteiger partial charge in [-0.25, -0.2) is 21.6 Å². The first-order valence-electron chi connectivity index (χ1n) is 11.4. The summed E-state index contributed by atoms with van der Waals surface area (Å²) in [5, 5.41) is 12.6. The van der Waals surface area contributed by atoms with Crippen LogP contribution in [0, 0.1) is 0 Å². The van der Waals surface area contributed by atoms with Gasteiger partial charge in [-0.1, -0.05) is 41.4 Å². The van der Waals surface area contributed by atoms with Gasteiger partial charge < -0.3 is 14.7 Å². The second kappa shape index (κ2) is 12.0. The maximum Gasteiger partial charge on any atom is 0.250 e. The van der Waals surface area contributed by atoms with Gasteiger partial charge in [0.2, 0.25) is 19.9 Å². The van der Waals surface area contributed by atoms with Crippen molar-refractivity contribution in [2.75, 3.05) is 26.2 Å². The van der Waals surface area contributed by atoms with Crippen molar-refractivity contribution in [3.05, 3.63) is 70.0 Å². The molecule has 1 saturated heterocycles. The molecule has 0 aliphatic carbocycles. The summed E-state index contributed by atoms with van der Waals surface area (Å²) in [4.78, 5) is 2.05. The molecule has 2 N–H and O–H groups in total. The first kappa shape index (κ1) is 28.3. The van der Waals surface area contributed by atoms with E-state index in [1.165, 1.54) is 17.5 Å². The Labute approximate surface area is 230 Å². The van der Waals surface area contributed by atoms with Crippen molar-refractivity contribution in [2.24, 2.45) is 0 Å². The highest BCUT2D eigenvalue weighted by molar-refractivity contribution is 7.93. The fraction of sp³-hybridized carbons (Fsp3) is 0.333. The lowest BCUT2D eigenvalue weighted by molar-refractivity contribution is 0.0630. The number of likely N-dealkylation sites (tertiary alicyclic amines) is 1. The number of β-amino-alcohol motifs (C(OH)–C–C–N with tert-alkyl or cyclic N) is 1. The van der Waals surface area contributed by atoms with Crippen LogP contribution in [0.3, 0.4) is 0 Å². The number of benzene rings is 2. The predicted molar refractivity (Wildman–Crippen MR) is 144 cm³/mol. The van der Waals surface area contributed by atoms with Crippen LogP contribution in [0.1, 0.15) is 12.8 Å². The molecule has 0 radical (unpaired) electrons. The molecule has 3 aromatic rings. The number of ether oxygens (including phenoxy) is 1. The third-order valence-electron chi connectivity index (χ3n) is 5.89. The number of hydrogen-bond acceptors (Lipinski definition) is 8. The van der Waals surface area contributed by atoms with Gasteiger partial charge in [0.05, 0.1) is 25.9 Å². The van der Waals surface area contributed by atoms with Crippen molar-refractivity contribution in [3.8, 4) is 5.75 Å². The molecule has 0 bridgehead atoms.